The van der Waals surface area contributed by atoms with Crippen molar-refractivity contribution in [3.8, 4) is 5.75 Å². The highest BCUT2D eigenvalue weighted by molar-refractivity contribution is 9.10. The Morgan fingerprint density at radius 2 is 2.23 bits per heavy atom. The van der Waals surface area contributed by atoms with E-state index in [9.17, 15) is 0 Å². The van der Waals surface area contributed by atoms with Gasteiger partial charge in [0.25, 0.3) is 0 Å². The fourth-order valence-electron chi connectivity index (χ4n) is 1.20. The Hall–Kier alpha value is -1.16. The van der Waals surface area contributed by atoms with Crippen LogP contribution in [-0.2, 0) is 0 Å². The predicted octanol–water partition coefficient (Wildman–Crippen LogP) is 2.40. The highest BCUT2D eigenvalue weighted by Gasteiger charge is 2.03. The standard InChI is InChI=1S/C9H7BrN2O/c1-13-9-5-6(10)4-8-7(9)2-3-11-12-8/h2-5H,1H3. The molecule has 0 bridgehead atoms. The van der Waals surface area contributed by atoms with Crippen LogP contribution < -0.4 is 4.74 Å². The summed E-state index contributed by atoms with van der Waals surface area (Å²) in [5.74, 6) is 0.805. The summed E-state index contributed by atoms with van der Waals surface area (Å²) >= 11 is 3.38. The van der Waals surface area contributed by atoms with Crippen molar-refractivity contribution in [2.75, 3.05) is 7.11 Å². The Morgan fingerprint density at radius 3 is 3.00 bits per heavy atom. The molecule has 0 saturated heterocycles. The number of ether oxygens (including phenoxy) is 1. The van der Waals surface area contributed by atoms with Crippen LogP contribution in [0.1, 0.15) is 0 Å². The largest absolute Gasteiger partial charge is 0.496 e. The van der Waals surface area contributed by atoms with E-state index in [2.05, 4.69) is 26.1 Å². The second-order valence-electron chi connectivity index (χ2n) is 2.57. The number of halogens is 1. The Morgan fingerprint density at radius 1 is 1.38 bits per heavy atom. The minimum Gasteiger partial charge on any atom is -0.496 e. The normalized spacial score (nSPS) is 10.3. The molecule has 0 saturated carbocycles. The van der Waals surface area contributed by atoms with E-state index in [0.717, 1.165) is 21.1 Å². The lowest BCUT2D eigenvalue weighted by Gasteiger charge is -2.04. The van der Waals surface area contributed by atoms with E-state index in [0.29, 0.717) is 0 Å². The molecule has 1 aromatic heterocycles. The molecule has 0 amide bonds. The summed E-state index contributed by atoms with van der Waals surface area (Å²) in [5.41, 5.74) is 0.828. The van der Waals surface area contributed by atoms with E-state index in [1.54, 1.807) is 13.3 Å². The second-order valence-corrected chi connectivity index (χ2v) is 3.49. The zero-order valence-corrected chi connectivity index (χ0v) is 8.58. The Bertz CT molecular complexity index is 445. The Labute approximate surface area is 83.9 Å². The molecule has 0 spiro atoms. The van der Waals surface area contributed by atoms with E-state index in [-0.39, 0.29) is 0 Å². The van der Waals surface area contributed by atoms with Gasteiger partial charge in [0.15, 0.2) is 0 Å². The molecule has 0 aliphatic carbocycles. The number of methoxy groups -OCH3 is 1. The summed E-state index contributed by atoms with van der Waals surface area (Å²) in [5, 5.41) is 8.77. The van der Waals surface area contributed by atoms with Gasteiger partial charge in [-0.15, -0.1) is 0 Å². The van der Waals surface area contributed by atoms with Gasteiger partial charge in [-0.3, -0.25) is 0 Å². The lowest BCUT2D eigenvalue weighted by Crippen LogP contribution is -1.88. The highest BCUT2D eigenvalue weighted by Crippen LogP contribution is 2.27. The average molecular weight is 239 g/mol. The van der Waals surface area contributed by atoms with Crippen molar-refractivity contribution < 1.29 is 4.74 Å². The number of rotatable bonds is 1. The average Bonchev–Trinajstić information content (AvgIpc) is 2.16. The lowest BCUT2D eigenvalue weighted by molar-refractivity contribution is 0.419. The van der Waals surface area contributed by atoms with E-state index in [1.165, 1.54) is 0 Å². The van der Waals surface area contributed by atoms with Crippen LogP contribution >= 0.6 is 15.9 Å². The maximum absolute atomic E-state index is 5.21. The van der Waals surface area contributed by atoms with Crippen LogP contribution in [0.5, 0.6) is 5.75 Å². The predicted molar refractivity (Wildman–Crippen MR) is 53.8 cm³/mol. The van der Waals surface area contributed by atoms with Gasteiger partial charge < -0.3 is 4.74 Å². The summed E-state index contributed by atoms with van der Waals surface area (Å²) in [7, 11) is 1.64. The maximum Gasteiger partial charge on any atom is 0.129 e. The molecule has 0 fully saturated rings. The fraction of sp³-hybridized carbons (Fsp3) is 0.111. The van der Waals surface area contributed by atoms with E-state index in [4.69, 9.17) is 4.74 Å². The molecular formula is C9H7BrN2O. The molecular weight excluding hydrogens is 232 g/mol. The summed E-state index contributed by atoms with van der Waals surface area (Å²) in [6.07, 6.45) is 1.65. The molecule has 13 heavy (non-hydrogen) atoms. The molecule has 66 valence electrons. The van der Waals surface area contributed by atoms with Gasteiger partial charge in [-0.05, 0) is 18.2 Å². The number of aromatic nitrogens is 2. The molecule has 0 aliphatic rings. The zero-order chi connectivity index (χ0) is 9.26. The first-order chi connectivity index (χ1) is 6.31. The van der Waals surface area contributed by atoms with Gasteiger partial charge in [-0.25, -0.2) is 0 Å². The number of nitrogens with zero attached hydrogens (tertiary/aromatic N) is 2. The molecule has 2 aromatic rings. The van der Waals surface area contributed by atoms with Crippen molar-refractivity contribution >= 4 is 26.8 Å². The van der Waals surface area contributed by atoms with Gasteiger partial charge >= 0.3 is 0 Å². The second kappa shape index (κ2) is 3.30. The molecule has 1 aromatic carbocycles. The van der Waals surface area contributed by atoms with Crippen LogP contribution in [-0.4, -0.2) is 17.3 Å². The van der Waals surface area contributed by atoms with Gasteiger partial charge in [0.1, 0.15) is 5.75 Å². The van der Waals surface area contributed by atoms with Gasteiger partial charge in [-0.2, -0.15) is 10.2 Å². The summed E-state index contributed by atoms with van der Waals surface area (Å²) in [6, 6.07) is 5.70. The molecule has 0 N–H and O–H groups in total. The van der Waals surface area contributed by atoms with Gasteiger partial charge in [0.2, 0.25) is 0 Å². The molecule has 0 unspecified atom stereocenters. The van der Waals surface area contributed by atoms with Crippen molar-refractivity contribution in [3.63, 3.8) is 0 Å². The molecule has 0 atom stereocenters. The molecule has 0 aliphatic heterocycles. The zero-order valence-electron chi connectivity index (χ0n) is 6.99. The highest BCUT2D eigenvalue weighted by atomic mass is 79.9. The van der Waals surface area contributed by atoms with Crippen molar-refractivity contribution in [1.29, 1.82) is 0 Å². The molecule has 3 nitrogen and oxygen atoms in total. The first kappa shape index (κ1) is 8.44. The van der Waals surface area contributed by atoms with Gasteiger partial charge in [-0.1, -0.05) is 15.9 Å². The lowest BCUT2D eigenvalue weighted by atomic mass is 10.2. The summed E-state index contributed by atoms with van der Waals surface area (Å²) in [6.45, 7) is 0. The van der Waals surface area contributed by atoms with Crippen LogP contribution in [0.2, 0.25) is 0 Å². The van der Waals surface area contributed by atoms with Crippen molar-refractivity contribution in [2.24, 2.45) is 0 Å². The summed E-state index contributed by atoms with van der Waals surface area (Å²) < 4.78 is 6.15. The van der Waals surface area contributed by atoms with Crippen LogP contribution in [0.15, 0.2) is 28.9 Å². The monoisotopic (exact) mass is 238 g/mol. The van der Waals surface area contributed by atoms with E-state index in [1.807, 2.05) is 18.2 Å². The van der Waals surface area contributed by atoms with Crippen LogP contribution in [0.25, 0.3) is 10.9 Å². The number of hydrogen-bond acceptors (Lipinski definition) is 3. The third-order valence-corrected chi connectivity index (χ3v) is 2.24. The molecule has 1 heterocycles. The maximum atomic E-state index is 5.21. The molecule has 0 radical (unpaired) electrons. The number of hydrogen-bond donors (Lipinski definition) is 0. The molecule has 2 rings (SSSR count). The first-order valence-electron chi connectivity index (χ1n) is 3.76. The summed E-state index contributed by atoms with van der Waals surface area (Å²) in [4.78, 5) is 0. The number of fused-ring (bicyclic) bond motifs is 1. The number of benzene rings is 1. The molecule has 4 heteroatoms. The van der Waals surface area contributed by atoms with E-state index >= 15 is 0 Å². The van der Waals surface area contributed by atoms with Crippen LogP contribution in [0, 0.1) is 0 Å². The quantitative estimate of drug-likeness (QED) is 0.766. The van der Waals surface area contributed by atoms with Crippen LogP contribution in [0.4, 0.5) is 0 Å². The third-order valence-electron chi connectivity index (χ3n) is 1.78. The minimum absolute atomic E-state index is 0.805. The van der Waals surface area contributed by atoms with Gasteiger partial charge in [0, 0.05) is 9.86 Å². The Kier molecular flexibility index (Phi) is 2.14. The SMILES string of the molecule is COc1cc(Br)cc2nnccc12. The first-order valence-corrected chi connectivity index (χ1v) is 4.55. The van der Waals surface area contributed by atoms with E-state index < -0.39 is 0 Å². The smallest absolute Gasteiger partial charge is 0.129 e. The topological polar surface area (TPSA) is 35.0 Å². The van der Waals surface area contributed by atoms with Crippen molar-refractivity contribution in [1.82, 2.24) is 10.2 Å². The fourth-order valence-corrected chi connectivity index (χ4v) is 1.63. The van der Waals surface area contributed by atoms with Crippen molar-refractivity contribution in [3.05, 3.63) is 28.9 Å². The van der Waals surface area contributed by atoms with Crippen LogP contribution in [0.3, 0.4) is 0 Å². The Balaban J connectivity index is 2.81. The third kappa shape index (κ3) is 1.49. The minimum atomic E-state index is 0.805. The van der Waals surface area contributed by atoms with Crippen molar-refractivity contribution in [2.45, 2.75) is 0 Å². The van der Waals surface area contributed by atoms with Gasteiger partial charge in [0.05, 0.1) is 18.8 Å².